The Morgan fingerprint density at radius 1 is 0.966 bits per heavy atom. The number of nitrogens with zero attached hydrogens (tertiary/aromatic N) is 4. The van der Waals surface area contributed by atoms with Gasteiger partial charge in [0.25, 0.3) is 5.91 Å². The van der Waals surface area contributed by atoms with Gasteiger partial charge in [-0.05, 0) is 31.3 Å². The Morgan fingerprint density at radius 2 is 1.69 bits per heavy atom. The van der Waals surface area contributed by atoms with Gasteiger partial charge in [0.1, 0.15) is 29.5 Å². The summed E-state index contributed by atoms with van der Waals surface area (Å²) in [6, 6.07) is 18.4. The van der Waals surface area contributed by atoms with E-state index in [1.54, 1.807) is 12.1 Å². The highest BCUT2D eigenvalue weighted by atomic mass is 16.5. The molecule has 0 aliphatic carbocycles. The summed E-state index contributed by atoms with van der Waals surface area (Å²) in [7, 11) is 2.11. The monoisotopic (exact) mass is 389 g/mol. The van der Waals surface area contributed by atoms with E-state index in [9.17, 15) is 4.79 Å². The van der Waals surface area contributed by atoms with E-state index in [2.05, 4.69) is 32.1 Å². The van der Waals surface area contributed by atoms with E-state index in [-0.39, 0.29) is 5.91 Å². The predicted molar refractivity (Wildman–Crippen MR) is 113 cm³/mol. The van der Waals surface area contributed by atoms with Crippen LogP contribution in [0, 0.1) is 0 Å². The van der Waals surface area contributed by atoms with Gasteiger partial charge in [-0.3, -0.25) is 4.79 Å². The van der Waals surface area contributed by atoms with Gasteiger partial charge in [0.15, 0.2) is 0 Å². The third-order valence-corrected chi connectivity index (χ3v) is 4.82. The summed E-state index contributed by atoms with van der Waals surface area (Å²) in [4.78, 5) is 25.9. The van der Waals surface area contributed by atoms with Gasteiger partial charge in [0.2, 0.25) is 0 Å². The van der Waals surface area contributed by atoms with Crippen molar-refractivity contribution in [2.24, 2.45) is 0 Å². The number of ether oxygens (including phenoxy) is 1. The molecule has 4 rings (SSSR count). The number of amides is 1. The minimum atomic E-state index is -0.278. The minimum absolute atomic E-state index is 0.278. The first kappa shape index (κ1) is 18.9. The highest BCUT2D eigenvalue weighted by molar-refractivity contribution is 6.05. The normalized spacial score (nSPS) is 14.4. The molecule has 2 aromatic carbocycles. The molecule has 1 saturated heterocycles. The van der Waals surface area contributed by atoms with Crippen molar-refractivity contribution in [3.8, 4) is 11.5 Å². The van der Waals surface area contributed by atoms with E-state index < -0.39 is 0 Å². The molecule has 2 heterocycles. The van der Waals surface area contributed by atoms with Gasteiger partial charge in [0, 0.05) is 32.2 Å². The van der Waals surface area contributed by atoms with Crippen molar-refractivity contribution in [1.82, 2.24) is 14.9 Å². The van der Waals surface area contributed by atoms with E-state index in [4.69, 9.17) is 4.74 Å². The predicted octanol–water partition coefficient (Wildman–Crippen LogP) is 3.27. The largest absolute Gasteiger partial charge is 0.457 e. The average Bonchev–Trinajstić information content (AvgIpc) is 2.75. The van der Waals surface area contributed by atoms with Crippen molar-refractivity contribution in [1.29, 1.82) is 0 Å². The van der Waals surface area contributed by atoms with Crippen LogP contribution >= 0.6 is 0 Å². The number of piperazine rings is 1. The van der Waals surface area contributed by atoms with E-state index in [0.717, 1.165) is 32.0 Å². The van der Waals surface area contributed by atoms with Crippen LogP contribution in [0.5, 0.6) is 11.5 Å². The zero-order valence-electron chi connectivity index (χ0n) is 16.3. The number of aromatic nitrogens is 2. The quantitative estimate of drug-likeness (QED) is 0.722. The van der Waals surface area contributed by atoms with Crippen LogP contribution < -0.4 is 15.0 Å². The molecule has 0 saturated carbocycles. The lowest BCUT2D eigenvalue weighted by Crippen LogP contribution is -2.44. The van der Waals surface area contributed by atoms with E-state index in [1.165, 1.54) is 6.33 Å². The molecule has 1 fully saturated rings. The molecular weight excluding hydrogens is 366 g/mol. The van der Waals surface area contributed by atoms with Gasteiger partial charge in [-0.2, -0.15) is 0 Å². The van der Waals surface area contributed by atoms with Crippen molar-refractivity contribution in [3.05, 3.63) is 72.6 Å². The van der Waals surface area contributed by atoms with Crippen LogP contribution in [0.15, 0.2) is 67.0 Å². The second-order valence-corrected chi connectivity index (χ2v) is 6.92. The molecule has 0 spiro atoms. The maximum absolute atomic E-state index is 12.9. The topological polar surface area (TPSA) is 70.6 Å². The molecule has 0 atom stereocenters. The maximum Gasteiger partial charge on any atom is 0.260 e. The SMILES string of the molecule is CN1CCN(c2cc(NC(=O)c3ccccc3Oc3ccccc3)ncn2)CC1. The molecule has 1 aliphatic heterocycles. The Morgan fingerprint density at radius 3 is 2.48 bits per heavy atom. The van der Waals surface area contributed by atoms with Crippen molar-refractivity contribution in [3.63, 3.8) is 0 Å². The molecule has 1 aliphatic rings. The van der Waals surface area contributed by atoms with Crippen LogP contribution in [0.1, 0.15) is 10.4 Å². The fraction of sp³-hybridized carbons (Fsp3) is 0.227. The van der Waals surface area contributed by atoms with Crippen molar-refractivity contribution in [2.45, 2.75) is 0 Å². The maximum atomic E-state index is 12.9. The van der Waals surface area contributed by atoms with E-state index in [0.29, 0.717) is 22.9 Å². The average molecular weight is 389 g/mol. The summed E-state index contributed by atoms with van der Waals surface area (Å²) in [5.41, 5.74) is 0.441. The van der Waals surface area contributed by atoms with E-state index >= 15 is 0 Å². The number of benzene rings is 2. The fourth-order valence-corrected chi connectivity index (χ4v) is 3.17. The Balaban J connectivity index is 1.49. The molecule has 0 unspecified atom stereocenters. The molecule has 29 heavy (non-hydrogen) atoms. The summed E-state index contributed by atoms with van der Waals surface area (Å²) >= 11 is 0. The summed E-state index contributed by atoms with van der Waals surface area (Å²) in [5, 5.41) is 2.87. The number of carbonyl (C=O) groups is 1. The second-order valence-electron chi connectivity index (χ2n) is 6.92. The number of rotatable bonds is 5. The van der Waals surface area contributed by atoms with Crippen molar-refractivity contribution in [2.75, 3.05) is 43.4 Å². The lowest BCUT2D eigenvalue weighted by atomic mass is 10.2. The van der Waals surface area contributed by atoms with Gasteiger partial charge < -0.3 is 19.9 Å². The summed E-state index contributed by atoms with van der Waals surface area (Å²) in [6.07, 6.45) is 1.48. The minimum Gasteiger partial charge on any atom is -0.457 e. The van der Waals surface area contributed by atoms with Crippen LogP contribution in [0.4, 0.5) is 11.6 Å². The van der Waals surface area contributed by atoms with Gasteiger partial charge in [-0.25, -0.2) is 9.97 Å². The molecule has 1 aromatic heterocycles. The Bertz CT molecular complexity index is 972. The van der Waals surface area contributed by atoms with Crippen LogP contribution in [0.2, 0.25) is 0 Å². The first-order valence-electron chi connectivity index (χ1n) is 9.58. The number of likely N-dealkylation sites (N-methyl/N-ethyl adjacent to an activating group) is 1. The van der Waals surface area contributed by atoms with Gasteiger partial charge in [-0.1, -0.05) is 30.3 Å². The smallest absolute Gasteiger partial charge is 0.260 e. The van der Waals surface area contributed by atoms with Gasteiger partial charge >= 0.3 is 0 Å². The molecule has 7 heteroatoms. The molecule has 3 aromatic rings. The lowest BCUT2D eigenvalue weighted by Gasteiger charge is -2.33. The summed E-state index contributed by atoms with van der Waals surface area (Å²) in [6.45, 7) is 3.76. The molecule has 1 amide bonds. The van der Waals surface area contributed by atoms with E-state index in [1.807, 2.05) is 48.5 Å². The second kappa shape index (κ2) is 8.70. The third-order valence-electron chi connectivity index (χ3n) is 4.82. The number of anilines is 2. The highest BCUT2D eigenvalue weighted by Gasteiger charge is 2.17. The Kier molecular flexibility index (Phi) is 5.67. The Labute approximate surface area is 170 Å². The number of hydrogen-bond acceptors (Lipinski definition) is 6. The Hall–Kier alpha value is -3.45. The first-order valence-corrected chi connectivity index (χ1v) is 9.58. The third kappa shape index (κ3) is 4.70. The standard InChI is InChI=1S/C22H23N5O2/c1-26-11-13-27(14-12-26)21-15-20(23-16-24-21)25-22(28)18-9-5-6-10-19(18)29-17-7-3-2-4-8-17/h2-10,15-16H,11-14H2,1H3,(H,23,24,25,28). The van der Waals surface area contributed by atoms with Crippen LogP contribution in [0.3, 0.4) is 0 Å². The first-order chi connectivity index (χ1) is 14.2. The van der Waals surface area contributed by atoms with Crippen molar-refractivity contribution < 1.29 is 9.53 Å². The molecule has 0 bridgehead atoms. The van der Waals surface area contributed by atoms with Gasteiger partial charge in [-0.15, -0.1) is 0 Å². The molecular formula is C22H23N5O2. The van der Waals surface area contributed by atoms with Gasteiger partial charge in [0.05, 0.1) is 5.56 Å². The number of para-hydroxylation sites is 2. The lowest BCUT2D eigenvalue weighted by molar-refractivity contribution is 0.102. The molecule has 1 N–H and O–H groups in total. The molecule has 0 radical (unpaired) electrons. The summed E-state index contributed by atoms with van der Waals surface area (Å²) in [5.74, 6) is 2.17. The van der Waals surface area contributed by atoms with Crippen LogP contribution in [-0.4, -0.2) is 54.0 Å². The summed E-state index contributed by atoms with van der Waals surface area (Å²) < 4.78 is 5.89. The number of nitrogens with one attached hydrogen (secondary N) is 1. The highest BCUT2D eigenvalue weighted by Crippen LogP contribution is 2.26. The zero-order chi connectivity index (χ0) is 20.1. The van der Waals surface area contributed by atoms with Crippen LogP contribution in [-0.2, 0) is 0 Å². The number of hydrogen-bond donors (Lipinski definition) is 1. The molecule has 148 valence electrons. The van der Waals surface area contributed by atoms with Crippen LogP contribution in [0.25, 0.3) is 0 Å². The molecule has 7 nitrogen and oxygen atoms in total. The number of carbonyl (C=O) groups excluding carboxylic acids is 1. The van der Waals surface area contributed by atoms with Crippen molar-refractivity contribution >= 4 is 17.5 Å². The zero-order valence-corrected chi connectivity index (χ0v) is 16.3. The fourth-order valence-electron chi connectivity index (χ4n) is 3.17.